The Hall–Kier alpha value is -1.85. The summed E-state index contributed by atoms with van der Waals surface area (Å²) in [6.45, 7) is 3.89. The van der Waals surface area contributed by atoms with Gasteiger partial charge in [0.15, 0.2) is 5.52 Å². The Kier molecular flexibility index (Phi) is 1.77. The molecule has 0 aromatic carbocycles. The maximum absolute atomic E-state index is 11.3. The average molecular weight is 194 g/mol. The first-order valence-electron chi connectivity index (χ1n) is 4.29. The van der Waals surface area contributed by atoms with E-state index >= 15 is 0 Å². The zero-order chi connectivity index (χ0) is 10.3. The van der Waals surface area contributed by atoms with Crippen LogP contribution >= 0.6 is 0 Å². The second-order valence-corrected chi connectivity index (χ2v) is 3.37. The Balaban J connectivity index is 2.84. The third-order valence-corrected chi connectivity index (χ3v) is 1.95. The minimum absolute atomic E-state index is 0.158. The largest absolute Gasteiger partial charge is 0.326 e. The lowest BCUT2D eigenvalue weighted by Gasteiger charge is -2.01. The van der Waals surface area contributed by atoms with E-state index in [9.17, 15) is 9.59 Å². The lowest BCUT2D eigenvalue weighted by Crippen LogP contribution is -2.21. The number of rotatable bonds is 1. The number of hydrogen-bond acceptors (Lipinski definition) is 3. The van der Waals surface area contributed by atoms with Gasteiger partial charge < -0.3 is 4.98 Å². The highest BCUT2D eigenvalue weighted by Gasteiger charge is 2.07. The molecule has 0 aliphatic carbocycles. The van der Waals surface area contributed by atoms with E-state index in [4.69, 9.17) is 0 Å². The summed E-state index contributed by atoms with van der Waals surface area (Å²) in [5.74, 6) is 0. The zero-order valence-corrected chi connectivity index (χ0v) is 7.87. The van der Waals surface area contributed by atoms with Crippen LogP contribution in [0.5, 0.6) is 0 Å². The summed E-state index contributed by atoms with van der Waals surface area (Å²) in [6.07, 6.45) is 1.65. The first-order chi connectivity index (χ1) is 6.58. The summed E-state index contributed by atoms with van der Waals surface area (Å²) in [4.78, 5) is 26.9. The van der Waals surface area contributed by atoms with Crippen molar-refractivity contribution in [1.29, 1.82) is 0 Å². The van der Waals surface area contributed by atoms with E-state index in [2.05, 4.69) is 15.1 Å². The molecule has 2 heterocycles. The van der Waals surface area contributed by atoms with Crippen LogP contribution in [0.3, 0.4) is 0 Å². The predicted octanol–water partition coefficient (Wildman–Crippen LogP) is -0.00620. The van der Waals surface area contributed by atoms with Gasteiger partial charge in [-0.15, -0.1) is 0 Å². The fourth-order valence-electron chi connectivity index (χ4n) is 1.23. The Labute approximate surface area is 78.6 Å². The van der Waals surface area contributed by atoms with Crippen LogP contribution in [0, 0.1) is 0 Å². The molecule has 2 aromatic heterocycles. The van der Waals surface area contributed by atoms with Crippen molar-refractivity contribution in [2.45, 2.75) is 19.9 Å². The van der Waals surface area contributed by atoms with E-state index in [1.165, 1.54) is 0 Å². The van der Waals surface area contributed by atoms with Gasteiger partial charge in [-0.05, 0) is 13.8 Å². The van der Waals surface area contributed by atoms with Gasteiger partial charge in [0.25, 0.3) is 5.56 Å². The van der Waals surface area contributed by atoms with Crippen molar-refractivity contribution in [3.05, 3.63) is 27.0 Å². The van der Waals surface area contributed by atoms with Crippen LogP contribution in [0.2, 0.25) is 0 Å². The molecule has 0 unspecified atom stereocenters. The zero-order valence-electron chi connectivity index (χ0n) is 7.87. The first-order valence-corrected chi connectivity index (χ1v) is 4.29. The van der Waals surface area contributed by atoms with Gasteiger partial charge in [0, 0.05) is 12.2 Å². The number of nitrogens with zero attached hydrogens (tertiary/aromatic N) is 2. The summed E-state index contributed by atoms with van der Waals surface area (Å²) in [7, 11) is 0. The minimum Gasteiger partial charge on any atom is -0.304 e. The van der Waals surface area contributed by atoms with E-state index in [1.807, 2.05) is 13.8 Å². The molecule has 0 atom stereocenters. The molecule has 0 radical (unpaired) electrons. The van der Waals surface area contributed by atoms with Gasteiger partial charge >= 0.3 is 5.69 Å². The normalized spacial score (nSPS) is 11.4. The molecule has 0 amide bonds. The Morgan fingerprint density at radius 2 is 2.07 bits per heavy atom. The average Bonchev–Trinajstić information content (AvgIpc) is 2.47. The quantitative estimate of drug-likeness (QED) is 0.669. The molecule has 0 fully saturated rings. The fraction of sp³-hybridized carbons (Fsp3) is 0.375. The van der Waals surface area contributed by atoms with E-state index in [1.54, 1.807) is 10.9 Å². The number of aromatic nitrogens is 4. The van der Waals surface area contributed by atoms with E-state index in [-0.39, 0.29) is 11.6 Å². The number of hydrogen-bond donors (Lipinski definition) is 2. The molecular formula is C8H10N4O2. The maximum atomic E-state index is 11.3. The van der Waals surface area contributed by atoms with Gasteiger partial charge in [-0.3, -0.25) is 14.5 Å². The highest BCUT2D eigenvalue weighted by Crippen LogP contribution is 2.07. The van der Waals surface area contributed by atoms with Crippen molar-refractivity contribution in [3.63, 3.8) is 0 Å². The van der Waals surface area contributed by atoms with Gasteiger partial charge in [0.2, 0.25) is 0 Å². The van der Waals surface area contributed by atoms with Gasteiger partial charge in [0.05, 0.1) is 5.52 Å². The summed E-state index contributed by atoms with van der Waals surface area (Å²) >= 11 is 0. The highest BCUT2D eigenvalue weighted by atomic mass is 16.2. The van der Waals surface area contributed by atoms with E-state index in [0.717, 1.165) is 0 Å². The first kappa shape index (κ1) is 8.74. The van der Waals surface area contributed by atoms with Crippen LogP contribution in [-0.2, 0) is 0 Å². The second-order valence-electron chi connectivity index (χ2n) is 3.37. The Morgan fingerprint density at radius 1 is 1.36 bits per heavy atom. The van der Waals surface area contributed by atoms with Crippen LogP contribution in [0.4, 0.5) is 0 Å². The summed E-state index contributed by atoms with van der Waals surface area (Å²) in [5, 5.41) is 4.06. The lowest BCUT2D eigenvalue weighted by molar-refractivity contribution is 0.537. The molecule has 6 heteroatoms. The Bertz CT molecular complexity index is 575. The topological polar surface area (TPSA) is 83.5 Å². The third-order valence-electron chi connectivity index (χ3n) is 1.95. The molecular weight excluding hydrogens is 184 g/mol. The molecule has 0 bridgehead atoms. The Morgan fingerprint density at radius 3 is 2.71 bits per heavy atom. The van der Waals surface area contributed by atoms with Crippen molar-refractivity contribution in [2.75, 3.05) is 0 Å². The molecule has 14 heavy (non-hydrogen) atoms. The van der Waals surface area contributed by atoms with Crippen LogP contribution < -0.4 is 11.2 Å². The molecule has 2 rings (SSSR count). The summed E-state index contributed by atoms with van der Waals surface area (Å²) in [6, 6.07) is 0.158. The molecule has 0 saturated carbocycles. The lowest BCUT2D eigenvalue weighted by atomic mass is 10.4. The van der Waals surface area contributed by atoms with Crippen LogP contribution in [0.25, 0.3) is 11.0 Å². The molecule has 0 spiro atoms. The maximum Gasteiger partial charge on any atom is 0.326 e. The number of H-pyrrole nitrogens is 2. The molecule has 0 saturated heterocycles. The number of fused-ring (bicyclic) bond motifs is 1. The molecule has 0 aliphatic rings. The van der Waals surface area contributed by atoms with Crippen molar-refractivity contribution < 1.29 is 0 Å². The van der Waals surface area contributed by atoms with Crippen molar-refractivity contribution >= 4 is 11.0 Å². The SMILES string of the molecule is CC(C)n1cc2[nH]c(=O)[nH]c(=O)c2n1. The highest BCUT2D eigenvalue weighted by molar-refractivity contribution is 5.71. The van der Waals surface area contributed by atoms with E-state index in [0.29, 0.717) is 5.52 Å². The second kappa shape index (κ2) is 2.83. The molecule has 0 aliphatic heterocycles. The molecule has 2 N–H and O–H groups in total. The molecule has 74 valence electrons. The van der Waals surface area contributed by atoms with Crippen molar-refractivity contribution in [3.8, 4) is 0 Å². The monoisotopic (exact) mass is 194 g/mol. The van der Waals surface area contributed by atoms with Crippen molar-refractivity contribution in [1.82, 2.24) is 19.7 Å². The van der Waals surface area contributed by atoms with Crippen LogP contribution in [-0.4, -0.2) is 19.7 Å². The van der Waals surface area contributed by atoms with Gasteiger partial charge in [-0.25, -0.2) is 4.79 Å². The van der Waals surface area contributed by atoms with Crippen LogP contribution in [0.1, 0.15) is 19.9 Å². The van der Waals surface area contributed by atoms with Gasteiger partial charge in [0.1, 0.15) is 0 Å². The predicted molar refractivity (Wildman–Crippen MR) is 51.4 cm³/mol. The van der Waals surface area contributed by atoms with Gasteiger partial charge in [-0.1, -0.05) is 0 Å². The van der Waals surface area contributed by atoms with Gasteiger partial charge in [-0.2, -0.15) is 5.10 Å². The fourth-order valence-corrected chi connectivity index (χ4v) is 1.23. The number of nitrogens with one attached hydrogen (secondary N) is 2. The standard InChI is InChI=1S/C8H10N4O2/c1-4(2)12-3-5-6(11-12)7(13)10-8(14)9-5/h3-4H,1-2H3,(H2,9,10,13,14). The minimum atomic E-state index is -0.509. The van der Waals surface area contributed by atoms with Crippen LogP contribution in [0.15, 0.2) is 15.8 Å². The van der Waals surface area contributed by atoms with E-state index < -0.39 is 11.2 Å². The smallest absolute Gasteiger partial charge is 0.304 e. The third kappa shape index (κ3) is 1.24. The summed E-state index contributed by atoms with van der Waals surface area (Å²) < 4.78 is 1.63. The van der Waals surface area contributed by atoms with Crippen molar-refractivity contribution in [2.24, 2.45) is 0 Å². The molecule has 2 aromatic rings. The number of aromatic amines is 2. The summed E-state index contributed by atoms with van der Waals surface area (Å²) in [5.41, 5.74) is -0.236. The molecule has 6 nitrogen and oxygen atoms in total.